The van der Waals surface area contributed by atoms with Crippen molar-refractivity contribution in [2.45, 2.75) is 38.1 Å². The molecule has 3 heteroatoms. The van der Waals surface area contributed by atoms with Crippen LogP contribution in [0.4, 0.5) is 0 Å². The molecule has 3 nitrogen and oxygen atoms in total. The Morgan fingerprint density at radius 1 is 1.17 bits per heavy atom. The summed E-state index contributed by atoms with van der Waals surface area (Å²) in [6.07, 6.45) is 4.77. The lowest BCUT2D eigenvalue weighted by Gasteiger charge is -2.27. The molecule has 0 aliphatic carbocycles. The lowest BCUT2D eigenvalue weighted by Crippen LogP contribution is -2.39. The van der Waals surface area contributed by atoms with Crippen LogP contribution in [0.3, 0.4) is 0 Å². The molecule has 0 aromatic heterocycles. The van der Waals surface area contributed by atoms with Crippen molar-refractivity contribution in [1.29, 1.82) is 0 Å². The van der Waals surface area contributed by atoms with E-state index in [1.807, 2.05) is 23.1 Å². The number of likely N-dealkylation sites (tertiary alicyclic amines) is 1. The molecule has 1 aliphatic rings. The van der Waals surface area contributed by atoms with Gasteiger partial charge in [0.05, 0.1) is 0 Å². The van der Waals surface area contributed by atoms with E-state index in [-0.39, 0.29) is 11.9 Å². The van der Waals surface area contributed by atoms with Crippen LogP contribution < -0.4 is 5.73 Å². The molecule has 18 heavy (non-hydrogen) atoms. The maximum atomic E-state index is 12.0. The number of carbonyl (C=O) groups is 1. The first-order valence-electron chi connectivity index (χ1n) is 6.83. The van der Waals surface area contributed by atoms with Crippen molar-refractivity contribution in [3.63, 3.8) is 0 Å². The fraction of sp³-hybridized carbons (Fsp3) is 0.533. The molecule has 1 aromatic carbocycles. The molecule has 98 valence electrons. The van der Waals surface area contributed by atoms with Gasteiger partial charge in [0, 0.05) is 25.6 Å². The van der Waals surface area contributed by atoms with E-state index in [1.54, 1.807) is 0 Å². The summed E-state index contributed by atoms with van der Waals surface area (Å²) in [6.45, 7) is 1.83. The summed E-state index contributed by atoms with van der Waals surface area (Å²) in [6, 6.07) is 10.1. The minimum absolute atomic E-state index is 0.0678. The van der Waals surface area contributed by atoms with Crippen LogP contribution in [0.2, 0.25) is 0 Å². The Kier molecular flexibility index (Phi) is 4.76. The summed E-state index contributed by atoms with van der Waals surface area (Å²) in [7, 11) is 0. The predicted molar refractivity (Wildman–Crippen MR) is 73.2 cm³/mol. The van der Waals surface area contributed by atoms with Crippen molar-refractivity contribution in [1.82, 2.24) is 4.90 Å². The minimum Gasteiger partial charge on any atom is -0.343 e. The number of hydrogen-bond donors (Lipinski definition) is 1. The van der Waals surface area contributed by atoms with Crippen molar-refractivity contribution >= 4 is 5.91 Å². The second-order valence-corrected chi connectivity index (χ2v) is 5.10. The number of rotatable bonds is 4. The maximum absolute atomic E-state index is 12.0. The molecule has 2 rings (SSSR count). The highest BCUT2D eigenvalue weighted by atomic mass is 16.2. The van der Waals surface area contributed by atoms with Crippen LogP contribution in [0.25, 0.3) is 0 Å². The fourth-order valence-electron chi connectivity index (χ4n) is 2.49. The number of nitrogens with two attached hydrogens (primary N) is 1. The van der Waals surface area contributed by atoms with Crippen molar-refractivity contribution in [3.8, 4) is 0 Å². The van der Waals surface area contributed by atoms with Crippen molar-refractivity contribution in [2.24, 2.45) is 5.73 Å². The number of piperidine rings is 1. The number of carbonyl (C=O) groups excluding carboxylic acids is 1. The zero-order valence-corrected chi connectivity index (χ0v) is 10.8. The van der Waals surface area contributed by atoms with Gasteiger partial charge in [0.25, 0.3) is 0 Å². The molecule has 2 N–H and O–H groups in total. The first-order chi connectivity index (χ1) is 8.75. The maximum Gasteiger partial charge on any atom is 0.224 e. The molecule has 1 atom stereocenters. The molecular formula is C15H22N2O. The monoisotopic (exact) mass is 246 g/mol. The highest BCUT2D eigenvalue weighted by Crippen LogP contribution is 2.11. The Morgan fingerprint density at radius 3 is 2.50 bits per heavy atom. The van der Waals surface area contributed by atoms with E-state index >= 15 is 0 Å². The molecule has 1 amide bonds. The van der Waals surface area contributed by atoms with Crippen molar-refractivity contribution < 1.29 is 4.79 Å². The van der Waals surface area contributed by atoms with Crippen LogP contribution in [-0.2, 0) is 11.2 Å². The van der Waals surface area contributed by atoms with Crippen LogP contribution in [0.1, 0.15) is 31.2 Å². The lowest BCUT2D eigenvalue weighted by atomic mass is 10.0. The Morgan fingerprint density at radius 2 is 1.83 bits per heavy atom. The fourth-order valence-corrected chi connectivity index (χ4v) is 2.49. The van der Waals surface area contributed by atoms with Gasteiger partial charge in [-0.05, 0) is 31.2 Å². The molecule has 1 aromatic rings. The largest absolute Gasteiger partial charge is 0.343 e. The van der Waals surface area contributed by atoms with E-state index in [9.17, 15) is 4.79 Å². The first-order valence-corrected chi connectivity index (χ1v) is 6.83. The van der Waals surface area contributed by atoms with Crippen molar-refractivity contribution in [2.75, 3.05) is 13.1 Å². The van der Waals surface area contributed by atoms with Gasteiger partial charge in [0.2, 0.25) is 5.91 Å². The van der Waals surface area contributed by atoms with Gasteiger partial charge in [0.15, 0.2) is 0 Å². The molecule has 1 fully saturated rings. The van der Waals surface area contributed by atoms with E-state index in [0.717, 1.165) is 32.4 Å². The Labute approximate surface area is 109 Å². The molecule has 0 unspecified atom stereocenters. The zero-order valence-electron chi connectivity index (χ0n) is 10.8. The van der Waals surface area contributed by atoms with Crippen LogP contribution in [0.15, 0.2) is 30.3 Å². The Hall–Kier alpha value is -1.35. The van der Waals surface area contributed by atoms with Gasteiger partial charge in [-0.2, -0.15) is 0 Å². The number of hydrogen-bond acceptors (Lipinski definition) is 2. The molecular weight excluding hydrogens is 224 g/mol. The third-order valence-corrected chi connectivity index (χ3v) is 3.49. The molecule has 1 saturated heterocycles. The first kappa shape index (κ1) is 13.1. The highest BCUT2D eigenvalue weighted by Gasteiger charge is 2.18. The number of amides is 1. The van der Waals surface area contributed by atoms with E-state index in [2.05, 4.69) is 12.1 Å². The standard InChI is InChI=1S/C15H22N2O/c16-14(11-13-7-3-1-4-8-13)12-15(18)17-9-5-2-6-10-17/h1,3-4,7-8,14H,2,5-6,9-12,16H2/t14-/m1/s1. The molecule has 0 saturated carbocycles. The summed E-state index contributed by atoms with van der Waals surface area (Å²) < 4.78 is 0. The average molecular weight is 246 g/mol. The van der Waals surface area contributed by atoms with Crippen molar-refractivity contribution in [3.05, 3.63) is 35.9 Å². The Bertz CT molecular complexity index is 371. The smallest absolute Gasteiger partial charge is 0.224 e. The second-order valence-electron chi connectivity index (χ2n) is 5.10. The predicted octanol–water partition coefficient (Wildman–Crippen LogP) is 1.96. The van der Waals surface area contributed by atoms with Crippen LogP contribution in [0.5, 0.6) is 0 Å². The van der Waals surface area contributed by atoms with Gasteiger partial charge in [0.1, 0.15) is 0 Å². The quantitative estimate of drug-likeness (QED) is 0.882. The average Bonchev–Trinajstić information content (AvgIpc) is 2.40. The van der Waals surface area contributed by atoms with Crippen LogP contribution >= 0.6 is 0 Å². The zero-order chi connectivity index (χ0) is 12.8. The molecule has 1 aliphatic heterocycles. The third-order valence-electron chi connectivity index (χ3n) is 3.49. The summed E-state index contributed by atoms with van der Waals surface area (Å²) >= 11 is 0. The number of nitrogens with zero attached hydrogens (tertiary/aromatic N) is 1. The highest BCUT2D eigenvalue weighted by molar-refractivity contribution is 5.76. The van der Waals surface area contributed by atoms with E-state index in [4.69, 9.17) is 5.73 Å². The summed E-state index contributed by atoms with van der Waals surface area (Å²) in [5.74, 6) is 0.220. The summed E-state index contributed by atoms with van der Waals surface area (Å²) in [4.78, 5) is 14.0. The second kappa shape index (κ2) is 6.55. The molecule has 0 radical (unpaired) electrons. The molecule has 1 heterocycles. The summed E-state index contributed by atoms with van der Waals surface area (Å²) in [5, 5.41) is 0. The lowest BCUT2D eigenvalue weighted by molar-refractivity contribution is -0.132. The Balaban J connectivity index is 1.79. The number of benzene rings is 1. The van der Waals surface area contributed by atoms with Crippen LogP contribution in [-0.4, -0.2) is 29.9 Å². The molecule has 0 spiro atoms. The minimum atomic E-state index is -0.0678. The van der Waals surface area contributed by atoms with Gasteiger partial charge in [-0.25, -0.2) is 0 Å². The van der Waals surface area contributed by atoms with Gasteiger partial charge in [-0.1, -0.05) is 30.3 Å². The van der Waals surface area contributed by atoms with E-state index in [0.29, 0.717) is 6.42 Å². The normalized spacial score (nSPS) is 17.5. The van der Waals surface area contributed by atoms with E-state index in [1.165, 1.54) is 12.0 Å². The SMILES string of the molecule is N[C@@H](CC(=O)N1CCCCC1)Cc1ccccc1. The van der Waals surface area contributed by atoms with E-state index < -0.39 is 0 Å². The topological polar surface area (TPSA) is 46.3 Å². The van der Waals surface area contributed by atoms with Gasteiger partial charge < -0.3 is 10.6 Å². The summed E-state index contributed by atoms with van der Waals surface area (Å²) in [5.41, 5.74) is 7.27. The third kappa shape index (κ3) is 3.84. The molecule has 0 bridgehead atoms. The van der Waals surface area contributed by atoms with Crippen LogP contribution in [0, 0.1) is 0 Å². The van der Waals surface area contributed by atoms with Gasteiger partial charge in [-0.15, -0.1) is 0 Å². The van der Waals surface area contributed by atoms with Gasteiger partial charge in [-0.3, -0.25) is 4.79 Å². The van der Waals surface area contributed by atoms with Gasteiger partial charge >= 0.3 is 0 Å².